The number of likely N-dealkylation sites (N-methyl/N-ethyl adjacent to an activating group) is 1. The first-order valence-corrected chi connectivity index (χ1v) is 5.48. The van der Waals surface area contributed by atoms with Crippen molar-refractivity contribution in [3.05, 3.63) is 30.3 Å². The van der Waals surface area contributed by atoms with Crippen LogP contribution in [0.1, 0.15) is 0 Å². The van der Waals surface area contributed by atoms with E-state index in [1.54, 1.807) is 0 Å². The van der Waals surface area contributed by atoms with E-state index in [2.05, 4.69) is 0 Å². The fourth-order valence-electron chi connectivity index (χ4n) is 1.99. The Morgan fingerprint density at radius 3 is 2.69 bits per heavy atom. The summed E-state index contributed by atoms with van der Waals surface area (Å²) in [7, 11) is 1.94. The number of nitrogens with zero attached hydrogens (tertiary/aromatic N) is 2. The molecule has 4 nitrogen and oxygen atoms in total. The topological polar surface area (TPSA) is 49.6 Å². The molecule has 1 aliphatic heterocycles. The maximum atomic E-state index is 11.9. The maximum absolute atomic E-state index is 11.9. The van der Waals surface area contributed by atoms with Crippen molar-refractivity contribution in [3.63, 3.8) is 0 Å². The molecule has 1 atom stereocenters. The van der Waals surface area contributed by atoms with Gasteiger partial charge in [-0.05, 0) is 19.2 Å². The molecule has 86 valence electrons. The lowest BCUT2D eigenvalue weighted by Gasteiger charge is -2.38. The molecule has 1 unspecified atom stereocenters. The number of carbonyl (C=O) groups is 1. The summed E-state index contributed by atoms with van der Waals surface area (Å²) in [5.74, 6) is 0.137. The molecule has 0 saturated carbocycles. The third kappa shape index (κ3) is 2.08. The summed E-state index contributed by atoms with van der Waals surface area (Å²) in [5.41, 5.74) is 6.66. The number of rotatable bonds is 2. The lowest BCUT2D eigenvalue weighted by Crippen LogP contribution is -2.57. The molecule has 1 heterocycles. The van der Waals surface area contributed by atoms with Crippen molar-refractivity contribution in [2.75, 3.05) is 31.6 Å². The van der Waals surface area contributed by atoms with Crippen LogP contribution in [0, 0.1) is 0 Å². The number of amides is 1. The number of piperazine rings is 1. The lowest BCUT2D eigenvalue weighted by molar-refractivity contribution is -0.121. The van der Waals surface area contributed by atoms with Crippen LogP contribution < -0.4 is 10.6 Å². The van der Waals surface area contributed by atoms with Gasteiger partial charge in [-0.1, -0.05) is 18.2 Å². The molecular formula is C12H17N3O. The third-order valence-electron chi connectivity index (χ3n) is 3.04. The van der Waals surface area contributed by atoms with Crippen LogP contribution in [0.5, 0.6) is 0 Å². The molecule has 1 amide bonds. The van der Waals surface area contributed by atoms with Crippen LogP contribution >= 0.6 is 0 Å². The second-order valence-corrected chi connectivity index (χ2v) is 4.14. The van der Waals surface area contributed by atoms with Gasteiger partial charge in [0.2, 0.25) is 5.91 Å². The van der Waals surface area contributed by atoms with Gasteiger partial charge in [0.25, 0.3) is 0 Å². The fraction of sp³-hybridized carbons (Fsp3) is 0.417. The number of benzene rings is 1. The molecule has 1 saturated heterocycles. The van der Waals surface area contributed by atoms with Crippen LogP contribution in [0.25, 0.3) is 0 Å². The summed E-state index contributed by atoms with van der Waals surface area (Å²) in [4.78, 5) is 15.7. The van der Waals surface area contributed by atoms with Gasteiger partial charge in [-0.3, -0.25) is 9.69 Å². The molecule has 1 aromatic carbocycles. The average Bonchev–Trinajstić information content (AvgIpc) is 2.30. The van der Waals surface area contributed by atoms with Gasteiger partial charge in [-0.25, -0.2) is 0 Å². The summed E-state index contributed by atoms with van der Waals surface area (Å²) >= 11 is 0. The van der Waals surface area contributed by atoms with Crippen molar-refractivity contribution < 1.29 is 4.79 Å². The molecule has 2 N–H and O–H groups in total. The Hall–Kier alpha value is -1.39. The van der Waals surface area contributed by atoms with E-state index < -0.39 is 0 Å². The van der Waals surface area contributed by atoms with E-state index in [1.807, 2.05) is 47.2 Å². The van der Waals surface area contributed by atoms with E-state index in [0.29, 0.717) is 19.6 Å². The Bertz CT molecular complexity index is 366. The molecule has 0 aromatic heterocycles. The van der Waals surface area contributed by atoms with Crippen LogP contribution in [-0.2, 0) is 4.79 Å². The highest BCUT2D eigenvalue weighted by Crippen LogP contribution is 2.18. The number of carbonyl (C=O) groups excluding carboxylic acids is 1. The smallest absolute Gasteiger partial charge is 0.241 e. The number of anilines is 1. The first-order chi connectivity index (χ1) is 7.72. The molecule has 1 fully saturated rings. The quantitative estimate of drug-likeness (QED) is 0.778. The lowest BCUT2D eigenvalue weighted by atomic mass is 10.1. The number of hydrogen-bond donors (Lipinski definition) is 1. The molecule has 16 heavy (non-hydrogen) atoms. The molecule has 1 aliphatic rings. The average molecular weight is 219 g/mol. The van der Waals surface area contributed by atoms with Gasteiger partial charge >= 0.3 is 0 Å². The first-order valence-electron chi connectivity index (χ1n) is 5.48. The van der Waals surface area contributed by atoms with Gasteiger partial charge < -0.3 is 10.6 Å². The van der Waals surface area contributed by atoms with Crippen molar-refractivity contribution in [1.82, 2.24) is 4.90 Å². The monoisotopic (exact) mass is 219 g/mol. The summed E-state index contributed by atoms with van der Waals surface area (Å²) in [6.45, 7) is 1.69. The zero-order chi connectivity index (χ0) is 11.5. The number of nitrogens with two attached hydrogens (primary N) is 1. The van der Waals surface area contributed by atoms with Crippen LogP contribution in [0.15, 0.2) is 30.3 Å². The maximum Gasteiger partial charge on any atom is 0.241 e. The van der Waals surface area contributed by atoms with Crippen LogP contribution in [0.4, 0.5) is 5.69 Å². The van der Waals surface area contributed by atoms with E-state index in [0.717, 1.165) is 5.69 Å². The highest BCUT2D eigenvalue weighted by atomic mass is 16.2. The number of para-hydroxylation sites is 1. The Kier molecular flexibility index (Phi) is 3.22. The van der Waals surface area contributed by atoms with Gasteiger partial charge in [0, 0.05) is 24.8 Å². The Labute approximate surface area is 95.6 Å². The van der Waals surface area contributed by atoms with E-state index in [-0.39, 0.29) is 11.9 Å². The molecule has 1 aromatic rings. The van der Waals surface area contributed by atoms with E-state index in [9.17, 15) is 4.79 Å². The first kappa shape index (κ1) is 11.1. The van der Waals surface area contributed by atoms with E-state index in [1.165, 1.54) is 0 Å². The van der Waals surface area contributed by atoms with Gasteiger partial charge in [-0.2, -0.15) is 0 Å². The van der Waals surface area contributed by atoms with Gasteiger partial charge in [-0.15, -0.1) is 0 Å². The second kappa shape index (κ2) is 4.63. The fourth-order valence-corrected chi connectivity index (χ4v) is 1.99. The molecule has 0 bridgehead atoms. The normalized spacial score (nSPS) is 22.5. The molecular weight excluding hydrogens is 202 g/mol. The Morgan fingerprint density at radius 1 is 1.38 bits per heavy atom. The minimum atomic E-state index is 0.137. The van der Waals surface area contributed by atoms with Crippen molar-refractivity contribution in [2.24, 2.45) is 5.73 Å². The van der Waals surface area contributed by atoms with Crippen LogP contribution in [-0.4, -0.2) is 43.5 Å². The minimum Gasteiger partial charge on any atom is -0.329 e. The largest absolute Gasteiger partial charge is 0.329 e. The van der Waals surface area contributed by atoms with Crippen molar-refractivity contribution in [3.8, 4) is 0 Å². The predicted molar refractivity (Wildman–Crippen MR) is 64.3 cm³/mol. The van der Waals surface area contributed by atoms with E-state index in [4.69, 9.17) is 5.73 Å². The summed E-state index contributed by atoms with van der Waals surface area (Å²) < 4.78 is 0. The predicted octanol–water partition coefficient (Wildman–Crippen LogP) is 0.292. The summed E-state index contributed by atoms with van der Waals surface area (Å²) in [5, 5.41) is 0. The van der Waals surface area contributed by atoms with Crippen LogP contribution in [0.3, 0.4) is 0 Å². The third-order valence-corrected chi connectivity index (χ3v) is 3.04. The highest BCUT2D eigenvalue weighted by Gasteiger charge is 2.29. The van der Waals surface area contributed by atoms with Gasteiger partial charge in [0.05, 0.1) is 6.54 Å². The highest BCUT2D eigenvalue weighted by molar-refractivity contribution is 5.95. The van der Waals surface area contributed by atoms with Crippen molar-refractivity contribution in [1.29, 1.82) is 0 Å². The van der Waals surface area contributed by atoms with Gasteiger partial charge in [0.1, 0.15) is 0 Å². The minimum absolute atomic E-state index is 0.137. The van der Waals surface area contributed by atoms with Gasteiger partial charge in [0.15, 0.2) is 0 Å². The Balaban J connectivity index is 2.19. The molecule has 0 radical (unpaired) electrons. The second-order valence-electron chi connectivity index (χ2n) is 4.14. The zero-order valence-electron chi connectivity index (χ0n) is 9.47. The van der Waals surface area contributed by atoms with Crippen molar-refractivity contribution in [2.45, 2.75) is 6.04 Å². The molecule has 4 heteroatoms. The van der Waals surface area contributed by atoms with Crippen molar-refractivity contribution >= 4 is 11.6 Å². The standard InChI is InChI=1S/C12H17N3O/c1-14-9-12(16)15(8-11(14)7-13)10-5-3-2-4-6-10/h2-6,11H,7-9,13H2,1H3. The van der Waals surface area contributed by atoms with E-state index >= 15 is 0 Å². The van der Waals surface area contributed by atoms with Crippen LogP contribution in [0.2, 0.25) is 0 Å². The summed E-state index contributed by atoms with van der Waals surface area (Å²) in [6.07, 6.45) is 0. The molecule has 0 aliphatic carbocycles. The molecule has 0 spiro atoms. The Morgan fingerprint density at radius 2 is 2.06 bits per heavy atom. The number of hydrogen-bond acceptors (Lipinski definition) is 3. The SMILES string of the molecule is CN1CC(=O)N(c2ccccc2)CC1CN. The summed E-state index contributed by atoms with van der Waals surface area (Å²) in [6, 6.07) is 9.99. The molecule has 2 rings (SSSR count). The zero-order valence-corrected chi connectivity index (χ0v) is 9.47.